The van der Waals surface area contributed by atoms with E-state index in [1.165, 1.54) is 29.0 Å². The second-order valence-electron chi connectivity index (χ2n) is 8.78. The van der Waals surface area contributed by atoms with Crippen molar-refractivity contribution < 1.29 is 13.9 Å². The minimum Gasteiger partial charge on any atom is -0.493 e. The van der Waals surface area contributed by atoms with Crippen molar-refractivity contribution in [2.45, 2.75) is 18.9 Å². The third kappa shape index (κ3) is 3.67. The van der Waals surface area contributed by atoms with Gasteiger partial charge >= 0.3 is 0 Å². The number of allylic oxidation sites excluding steroid dienone is 1. The SMILES string of the molecule is COc1ccc(/C=c2\sc3n(c2=O)C(c2cccc(F)c2)C2=C(N=3)c3ccccc3CC2)cc1OC. The van der Waals surface area contributed by atoms with Crippen molar-refractivity contribution in [3.63, 3.8) is 0 Å². The summed E-state index contributed by atoms with van der Waals surface area (Å²) in [4.78, 5) is 19.4. The van der Waals surface area contributed by atoms with E-state index < -0.39 is 6.04 Å². The van der Waals surface area contributed by atoms with Crippen LogP contribution in [0.3, 0.4) is 0 Å². The number of methoxy groups -OCH3 is 2. The molecule has 1 aromatic heterocycles. The van der Waals surface area contributed by atoms with Crippen LogP contribution in [0.15, 0.2) is 82.1 Å². The van der Waals surface area contributed by atoms with Gasteiger partial charge in [0.1, 0.15) is 5.82 Å². The Hall–Kier alpha value is -3.97. The molecule has 2 heterocycles. The Morgan fingerprint density at radius 3 is 2.64 bits per heavy atom. The Labute approximate surface area is 211 Å². The molecule has 0 N–H and O–H groups in total. The first kappa shape index (κ1) is 22.5. The van der Waals surface area contributed by atoms with Gasteiger partial charge in [-0.2, -0.15) is 0 Å². The van der Waals surface area contributed by atoms with Gasteiger partial charge in [0.15, 0.2) is 16.3 Å². The number of thiazole rings is 1. The van der Waals surface area contributed by atoms with E-state index in [0.717, 1.165) is 40.8 Å². The molecule has 0 radical (unpaired) electrons. The molecule has 0 amide bonds. The Morgan fingerprint density at radius 2 is 1.83 bits per heavy atom. The highest BCUT2D eigenvalue weighted by molar-refractivity contribution is 7.07. The summed E-state index contributed by atoms with van der Waals surface area (Å²) in [6.45, 7) is 0. The highest BCUT2D eigenvalue weighted by Crippen LogP contribution is 2.41. The molecule has 0 spiro atoms. The molecule has 7 heteroatoms. The second kappa shape index (κ2) is 8.91. The maximum Gasteiger partial charge on any atom is 0.271 e. The first-order valence-corrected chi connectivity index (χ1v) is 12.5. The number of nitrogens with zero attached hydrogens (tertiary/aromatic N) is 2. The third-order valence-electron chi connectivity index (χ3n) is 6.74. The van der Waals surface area contributed by atoms with Gasteiger partial charge < -0.3 is 9.47 Å². The lowest BCUT2D eigenvalue weighted by Crippen LogP contribution is -2.38. The lowest BCUT2D eigenvalue weighted by molar-refractivity contribution is 0.355. The van der Waals surface area contributed by atoms with Crippen LogP contribution in [0.1, 0.15) is 34.7 Å². The maximum absolute atomic E-state index is 14.3. The standard InChI is InChI=1S/C29H23FN2O3S/c1-34-23-13-10-17(14-24(23)35-2)15-25-28(33)32-27(19-7-5-8-20(30)16-19)22-12-11-18-6-3-4-9-21(18)26(22)31-29(32)36-25/h3-10,13-16,27H,11-12H2,1-2H3/b25-15-. The molecule has 4 aromatic rings. The fourth-order valence-corrected chi connectivity index (χ4v) is 6.09. The van der Waals surface area contributed by atoms with Crippen molar-refractivity contribution in [1.82, 2.24) is 4.57 Å². The molecule has 2 aliphatic rings. The fraction of sp³-hybridized carbons (Fsp3) is 0.172. The molecule has 1 aliphatic heterocycles. The molecule has 1 unspecified atom stereocenters. The Kier molecular flexibility index (Phi) is 5.57. The molecule has 36 heavy (non-hydrogen) atoms. The molecule has 0 saturated heterocycles. The largest absolute Gasteiger partial charge is 0.493 e. The summed E-state index contributed by atoms with van der Waals surface area (Å²) in [5.41, 5.74) is 5.67. The number of rotatable bonds is 4. The first-order valence-electron chi connectivity index (χ1n) is 11.7. The Balaban J connectivity index is 1.59. The summed E-state index contributed by atoms with van der Waals surface area (Å²) in [6, 6.07) is 19.9. The summed E-state index contributed by atoms with van der Waals surface area (Å²) in [7, 11) is 3.17. The van der Waals surface area contributed by atoms with Gasteiger partial charge in [-0.25, -0.2) is 9.38 Å². The molecule has 6 rings (SSSR count). The van der Waals surface area contributed by atoms with E-state index >= 15 is 0 Å². The van der Waals surface area contributed by atoms with Gasteiger partial charge in [0.2, 0.25) is 0 Å². The number of aryl methyl sites for hydroxylation is 1. The van der Waals surface area contributed by atoms with Crippen LogP contribution in [-0.2, 0) is 6.42 Å². The predicted octanol–water partition coefficient (Wildman–Crippen LogP) is 4.48. The highest BCUT2D eigenvalue weighted by atomic mass is 32.1. The number of hydrogen-bond donors (Lipinski definition) is 0. The van der Waals surface area contributed by atoms with Gasteiger partial charge in [-0.1, -0.05) is 53.8 Å². The molecule has 0 fully saturated rings. The molecular weight excluding hydrogens is 475 g/mol. The fourth-order valence-electron chi connectivity index (χ4n) is 5.09. The van der Waals surface area contributed by atoms with Crippen LogP contribution in [0.25, 0.3) is 11.8 Å². The molecule has 3 aromatic carbocycles. The number of fused-ring (bicyclic) bond motifs is 3. The van der Waals surface area contributed by atoms with Crippen LogP contribution in [0.5, 0.6) is 11.5 Å². The lowest BCUT2D eigenvalue weighted by Gasteiger charge is -2.30. The van der Waals surface area contributed by atoms with Gasteiger partial charge in [-0.05, 0) is 65.4 Å². The molecular formula is C29H23FN2O3S. The summed E-state index contributed by atoms with van der Waals surface area (Å²) < 4.78 is 27.4. The quantitative estimate of drug-likeness (QED) is 0.417. The summed E-state index contributed by atoms with van der Waals surface area (Å²) in [5.74, 6) is 0.882. The zero-order valence-electron chi connectivity index (χ0n) is 19.8. The highest BCUT2D eigenvalue weighted by Gasteiger charge is 2.32. The van der Waals surface area contributed by atoms with E-state index in [1.807, 2.05) is 42.5 Å². The van der Waals surface area contributed by atoms with Gasteiger partial charge in [0.25, 0.3) is 5.56 Å². The van der Waals surface area contributed by atoms with Crippen LogP contribution in [-0.4, -0.2) is 18.8 Å². The predicted molar refractivity (Wildman–Crippen MR) is 139 cm³/mol. The molecule has 5 nitrogen and oxygen atoms in total. The molecule has 180 valence electrons. The lowest BCUT2D eigenvalue weighted by atomic mass is 9.83. The summed E-state index contributed by atoms with van der Waals surface area (Å²) in [6.07, 6.45) is 3.45. The van der Waals surface area contributed by atoms with Gasteiger partial charge in [0, 0.05) is 5.56 Å². The molecule has 1 atom stereocenters. The van der Waals surface area contributed by atoms with Gasteiger partial charge in [0.05, 0.1) is 30.5 Å². The van der Waals surface area contributed by atoms with Crippen molar-refractivity contribution in [1.29, 1.82) is 0 Å². The monoisotopic (exact) mass is 498 g/mol. The molecule has 0 bridgehead atoms. The van der Waals surface area contributed by atoms with E-state index in [0.29, 0.717) is 20.8 Å². The van der Waals surface area contributed by atoms with E-state index in [9.17, 15) is 9.18 Å². The van der Waals surface area contributed by atoms with E-state index in [2.05, 4.69) is 12.1 Å². The summed E-state index contributed by atoms with van der Waals surface area (Å²) in [5, 5.41) is 0. The minimum atomic E-state index is -0.409. The van der Waals surface area contributed by atoms with Crippen molar-refractivity contribution >= 4 is 23.1 Å². The van der Waals surface area contributed by atoms with Crippen LogP contribution >= 0.6 is 11.3 Å². The Bertz CT molecular complexity index is 1720. The number of hydrogen-bond acceptors (Lipinski definition) is 5. The third-order valence-corrected chi connectivity index (χ3v) is 7.73. The van der Waals surface area contributed by atoms with Gasteiger partial charge in [-0.15, -0.1) is 0 Å². The zero-order valence-corrected chi connectivity index (χ0v) is 20.6. The van der Waals surface area contributed by atoms with Crippen LogP contribution in [0, 0.1) is 5.82 Å². The van der Waals surface area contributed by atoms with Crippen molar-refractivity contribution in [2.24, 2.45) is 4.99 Å². The topological polar surface area (TPSA) is 52.8 Å². The Morgan fingerprint density at radius 1 is 1.00 bits per heavy atom. The average molecular weight is 499 g/mol. The van der Waals surface area contributed by atoms with Crippen LogP contribution in [0.4, 0.5) is 4.39 Å². The van der Waals surface area contributed by atoms with E-state index in [1.54, 1.807) is 24.9 Å². The second-order valence-corrected chi connectivity index (χ2v) is 9.79. The van der Waals surface area contributed by atoms with Crippen molar-refractivity contribution in [2.75, 3.05) is 14.2 Å². The number of halogens is 1. The maximum atomic E-state index is 14.3. The van der Waals surface area contributed by atoms with E-state index in [4.69, 9.17) is 14.5 Å². The number of ether oxygens (including phenoxy) is 2. The van der Waals surface area contributed by atoms with Gasteiger partial charge in [-0.3, -0.25) is 9.36 Å². The molecule has 1 aliphatic carbocycles. The zero-order chi connectivity index (χ0) is 24.8. The minimum absolute atomic E-state index is 0.145. The van der Waals surface area contributed by atoms with Crippen molar-refractivity contribution in [3.8, 4) is 11.5 Å². The smallest absolute Gasteiger partial charge is 0.271 e. The number of aromatic nitrogens is 1. The van der Waals surface area contributed by atoms with Crippen LogP contribution < -0.4 is 24.4 Å². The van der Waals surface area contributed by atoms with Crippen LogP contribution in [0.2, 0.25) is 0 Å². The number of benzene rings is 3. The van der Waals surface area contributed by atoms with E-state index in [-0.39, 0.29) is 11.4 Å². The average Bonchev–Trinajstić information content (AvgIpc) is 3.21. The molecule has 0 saturated carbocycles. The normalized spacial score (nSPS) is 16.6. The van der Waals surface area contributed by atoms with Crippen molar-refractivity contribution in [3.05, 3.63) is 120 Å². The first-order chi connectivity index (χ1) is 17.6. The summed E-state index contributed by atoms with van der Waals surface area (Å²) >= 11 is 1.34.